The Kier molecular flexibility index (Phi) is 9.07. The Morgan fingerprint density at radius 3 is 2.13 bits per heavy atom. The maximum Gasteiger partial charge on any atom is 0.334 e. The summed E-state index contributed by atoms with van der Waals surface area (Å²) in [5.41, 5.74) is 0. The third-order valence-corrected chi connectivity index (χ3v) is 3.83. The van der Waals surface area contributed by atoms with E-state index < -0.39 is 7.60 Å². The van der Waals surface area contributed by atoms with Crippen molar-refractivity contribution >= 4 is 7.60 Å². The van der Waals surface area contributed by atoms with Crippen LogP contribution in [0.5, 0.6) is 0 Å². The van der Waals surface area contributed by atoms with Crippen molar-refractivity contribution < 1.29 is 13.6 Å². The summed E-state index contributed by atoms with van der Waals surface area (Å²) in [4.78, 5) is 0. The Morgan fingerprint density at radius 1 is 1.07 bits per heavy atom. The molecule has 15 heavy (non-hydrogen) atoms. The second-order valence-corrected chi connectivity index (χ2v) is 5.35. The molecule has 0 aliphatic carbocycles. The van der Waals surface area contributed by atoms with Gasteiger partial charge in [0.15, 0.2) is 0 Å². The predicted molar refractivity (Wildman–Crippen MR) is 64.4 cm³/mol. The van der Waals surface area contributed by atoms with E-state index in [4.69, 9.17) is 9.05 Å². The second kappa shape index (κ2) is 9.14. The predicted octanol–water partition coefficient (Wildman–Crippen LogP) is 4.00. The molecule has 0 aromatic rings. The fourth-order valence-electron chi connectivity index (χ4n) is 1.18. The average Bonchev–Trinajstić information content (AvgIpc) is 2.18. The molecule has 0 rings (SSSR count). The van der Waals surface area contributed by atoms with Crippen molar-refractivity contribution in [3.8, 4) is 0 Å². The van der Waals surface area contributed by atoms with E-state index in [1.54, 1.807) is 0 Å². The summed E-state index contributed by atoms with van der Waals surface area (Å²) < 4.78 is 22.3. The highest BCUT2D eigenvalue weighted by Crippen LogP contribution is 2.47. The van der Waals surface area contributed by atoms with E-state index in [-0.39, 0.29) is 0 Å². The molecule has 0 aliphatic rings. The monoisotopic (exact) mass is 234 g/mol. The first-order valence-electron chi connectivity index (χ1n) is 5.71. The number of unbranched alkanes of at least 4 members (excludes halogenated alkanes) is 2. The van der Waals surface area contributed by atoms with Crippen LogP contribution in [-0.4, -0.2) is 19.4 Å². The molecule has 0 bridgehead atoms. The van der Waals surface area contributed by atoms with Crippen molar-refractivity contribution in [1.29, 1.82) is 0 Å². The Bertz CT molecular complexity index is 204. The highest BCUT2D eigenvalue weighted by Gasteiger charge is 2.20. The summed E-state index contributed by atoms with van der Waals surface area (Å²) in [6.45, 7) is 6.66. The first-order valence-corrected chi connectivity index (χ1v) is 7.44. The van der Waals surface area contributed by atoms with Crippen LogP contribution in [0.2, 0.25) is 0 Å². The van der Waals surface area contributed by atoms with E-state index in [9.17, 15) is 4.57 Å². The fraction of sp³-hybridized carbons (Fsp3) is 0.818. The van der Waals surface area contributed by atoms with E-state index in [0.29, 0.717) is 19.4 Å². The number of allylic oxidation sites excluding steroid dienone is 2. The maximum atomic E-state index is 12.0. The van der Waals surface area contributed by atoms with Crippen LogP contribution >= 0.6 is 7.60 Å². The topological polar surface area (TPSA) is 35.5 Å². The molecule has 0 aromatic carbocycles. The standard InChI is InChI=1S/C11H23O3P/c1-4-7-8-9-10-11-15(12,13-5-2)14-6-3/h9-10H,4-8,11H2,1-3H3/b10-9+. The van der Waals surface area contributed by atoms with E-state index in [1.807, 2.05) is 26.0 Å². The maximum absolute atomic E-state index is 12.0. The normalized spacial score (nSPS) is 12.5. The van der Waals surface area contributed by atoms with Crippen molar-refractivity contribution in [3.63, 3.8) is 0 Å². The van der Waals surface area contributed by atoms with Crippen LogP contribution < -0.4 is 0 Å². The Morgan fingerprint density at radius 2 is 1.67 bits per heavy atom. The van der Waals surface area contributed by atoms with Gasteiger partial charge in [0.05, 0.1) is 19.4 Å². The van der Waals surface area contributed by atoms with Crippen LogP contribution in [0.4, 0.5) is 0 Å². The summed E-state index contributed by atoms with van der Waals surface area (Å²) in [6, 6.07) is 0. The minimum Gasteiger partial charge on any atom is -0.309 e. The molecule has 0 aliphatic heterocycles. The van der Waals surface area contributed by atoms with Gasteiger partial charge in [0.25, 0.3) is 0 Å². The molecular formula is C11H23O3P. The van der Waals surface area contributed by atoms with Crippen LogP contribution in [-0.2, 0) is 13.6 Å². The summed E-state index contributed by atoms with van der Waals surface area (Å²) in [7, 11) is -2.85. The zero-order chi connectivity index (χ0) is 11.6. The van der Waals surface area contributed by atoms with Gasteiger partial charge < -0.3 is 9.05 Å². The van der Waals surface area contributed by atoms with E-state index >= 15 is 0 Å². The van der Waals surface area contributed by atoms with Gasteiger partial charge in [-0.05, 0) is 20.3 Å². The highest BCUT2D eigenvalue weighted by atomic mass is 31.2. The molecular weight excluding hydrogens is 211 g/mol. The number of hydrogen-bond acceptors (Lipinski definition) is 3. The molecule has 0 atom stereocenters. The minimum absolute atomic E-state index is 0.387. The van der Waals surface area contributed by atoms with Crippen molar-refractivity contribution in [2.24, 2.45) is 0 Å². The molecule has 3 nitrogen and oxygen atoms in total. The third-order valence-electron chi connectivity index (χ3n) is 1.87. The van der Waals surface area contributed by atoms with Crippen molar-refractivity contribution in [2.75, 3.05) is 19.4 Å². The van der Waals surface area contributed by atoms with Crippen LogP contribution in [0.1, 0.15) is 40.0 Å². The molecule has 0 fully saturated rings. The lowest BCUT2D eigenvalue weighted by molar-refractivity contribution is 0.222. The van der Waals surface area contributed by atoms with E-state index in [1.165, 1.54) is 12.8 Å². The average molecular weight is 234 g/mol. The third kappa shape index (κ3) is 7.78. The Labute approximate surface area is 93.4 Å². The van der Waals surface area contributed by atoms with Crippen molar-refractivity contribution in [1.82, 2.24) is 0 Å². The van der Waals surface area contributed by atoms with Gasteiger partial charge in [0, 0.05) is 0 Å². The van der Waals surface area contributed by atoms with Gasteiger partial charge in [-0.1, -0.05) is 31.9 Å². The summed E-state index contributed by atoms with van der Waals surface area (Å²) in [6.07, 6.45) is 7.73. The molecule has 90 valence electrons. The van der Waals surface area contributed by atoms with Crippen molar-refractivity contribution in [3.05, 3.63) is 12.2 Å². The Hall–Kier alpha value is -0.110. The smallest absolute Gasteiger partial charge is 0.309 e. The van der Waals surface area contributed by atoms with Crippen LogP contribution in [0, 0.1) is 0 Å². The van der Waals surface area contributed by atoms with Gasteiger partial charge in [-0.2, -0.15) is 0 Å². The van der Waals surface area contributed by atoms with Gasteiger partial charge >= 0.3 is 7.60 Å². The molecule has 0 saturated heterocycles. The van der Waals surface area contributed by atoms with Gasteiger partial charge in [0.2, 0.25) is 0 Å². The first kappa shape index (κ1) is 14.9. The molecule has 0 heterocycles. The van der Waals surface area contributed by atoms with Gasteiger partial charge in [-0.25, -0.2) is 0 Å². The summed E-state index contributed by atoms with van der Waals surface area (Å²) >= 11 is 0. The summed E-state index contributed by atoms with van der Waals surface area (Å²) in [5.74, 6) is 0. The molecule has 0 aromatic heterocycles. The van der Waals surface area contributed by atoms with Crippen LogP contribution in [0.25, 0.3) is 0 Å². The molecule has 4 heteroatoms. The van der Waals surface area contributed by atoms with Crippen molar-refractivity contribution in [2.45, 2.75) is 40.0 Å². The lowest BCUT2D eigenvalue weighted by atomic mass is 10.2. The molecule has 0 N–H and O–H groups in total. The van der Waals surface area contributed by atoms with Gasteiger partial charge in [-0.15, -0.1) is 0 Å². The van der Waals surface area contributed by atoms with Gasteiger partial charge in [-0.3, -0.25) is 4.57 Å². The quantitative estimate of drug-likeness (QED) is 0.343. The minimum atomic E-state index is -2.85. The second-order valence-electron chi connectivity index (χ2n) is 3.24. The molecule has 0 saturated carbocycles. The molecule has 0 unspecified atom stereocenters. The molecule has 0 radical (unpaired) electrons. The number of rotatable bonds is 9. The van der Waals surface area contributed by atoms with E-state index in [0.717, 1.165) is 6.42 Å². The number of hydrogen-bond donors (Lipinski definition) is 0. The van der Waals surface area contributed by atoms with Crippen LogP contribution in [0.15, 0.2) is 12.2 Å². The van der Waals surface area contributed by atoms with E-state index in [2.05, 4.69) is 6.92 Å². The van der Waals surface area contributed by atoms with Crippen LogP contribution in [0.3, 0.4) is 0 Å². The SMILES string of the molecule is CCCC/C=C/CP(=O)(OCC)OCC. The Balaban J connectivity index is 3.95. The molecule has 0 amide bonds. The molecule has 0 spiro atoms. The zero-order valence-corrected chi connectivity index (χ0v) is 11.0. The lowest BCUT2D eigenvalue weighted by Gasteiger charge is -2.14. The fourth-order valence-corrected chi connectivity index (χ4v) is 2.66. The largest absolute Gasteiger partial charge is 0.334 e. The lowest BCUT2D eigenvalue weighted by Crippen LogP contribution is -1.98. The highest BCUT2D eigenvalue weighted by molar-refractivity contribution is 7.54. The first-order chi connectivity index (χ1) is 7.18. The van der Waals surface area contributed by atoms with Gasteiger partial charge in [0.1, 0.15) is 0 Å². The zero-order valence-electron chi connectivity index (χ0n) is 10.1. The summed E-state index contributed by atoms with van der Waals surface area (Å²) in [5, 5.41) is 0.